The third kappa shape index (κ3) is 2.69. The number of likely N-dealkylation sites (tertiary alicyclic amines) is 1. The summed E-state index contributed by atoms with van der Waals surface area (Å²) in [6.45, 7) is 1.76. The molecule has 1 aliphatic heterocycles. The quantitative estimate of drug-likeness (QED) is 0.735. The fourth-order valence-corrected chi connectivity index (χ4v) is 3.17. The minimum atomic E-state index is 0.0884. The van der Waals surface area contributed by atoms with Crippen LogP contribution < -0.4 is 0 Å². The van der Waals surface area contributed by atoms with Gasteiger partial charge < -0.3 is 9.47 Å². The van der Waals surface area contributed by atoms with Gasteiger partial charge in [0.1, 0.15) is 12.1 Å². The van der Waals surface area contributed by atoms with Crippen LogP contribution in [-0.4, -0.2) is 48.4 Å². The van der Waals surface area contributed by atoms with Crippen LogP contribution in [0.25, 0.3) is 11.0 Å². The number of para-hydroxylation sites is 1. The first-order chi connectivity index (χ1) is 11.3. The lowest BCUT2D eigenvalue weighted by molar-refractivity contribution is -0.133. The topological polar surface area (TPSA) is 68.8 Å². The van der Waals surface area contributed by atoms with E-state index >= 15 is 0 Å². The Balaban J connectivity index is 1.48. The molecule has 0 radical (unpaired) electrons. The van der Waals surface area contributed by atoms with E-state index in [-0.39, 0.29) is 12.5 Å². The van der Waals surface area contributed by atoms with Crippen LogP contribution in [0.2, 0.25) is 0 Å². The maximum Gasteiger partial charge on any atom is 0.244 e. The van der Waals surface area contributed by atoms with Crippen molar-refractivity contribution in [2.24, 2.45) is 0 Å². The molecule has 1 atom stereocenters. The highest BCUT2D eigenvalue weighted by Crippen LogP contribution is 2.21. The second kappa shape index (κ2) is 5.83. The molecule has 1 fully saturated rings. The minimum Gasteiger partial charge on any atom is -0.339 e. The Morgan fingerprint density at radius 1 is 1.30 bits per heavy atom. The monoisotopic (exact) mass is 310 g/mol. The average molecular weight is 310 g/mol. The molecule has 7 nitrogen and oxygen atoms in total. The number of piperidine rings is 1. The van der Waals surface area contributed by atoms with Crippen molar-refractivity contribution in [1.29, 1.82) is 0 Å². The van der Waals surface area contributed by atoms with Gasteiger partial charge in [0.15, 0.2) is 0 Å². The Hall–Kier alpha value is -2.70. The maximum absolute atomic E-state index is 12.6. The Morgan fingerprint density at radius 2 is 2.22 bits per heavy atom. The van der Waals surface area contributed by atoms with Crippen LogP contribution in [0.15, 0.2) is 43.0 Å². The van der Waals surface area contributed by atoms with Crippen molar-refractivity contribution >= 4 is 16.9 Å². The van der Waals surface area contributed by atoms with Gasteiger partial charge in [0.2, 0.25) is 5.91 Å². The Bertz CT molecular complexity index is 809. The molecule has 4 rings (SSSR count). The lowest BCUT2D eigenvalue weighted by Gasteiger charge is -2.33. The van der Waals surface area contributed by atoms with Crippen molar-refractivity contribution in [3.63, 3.8) is 0 Å². The Kier molecular flexibility index (Phi) is 3.53. The summed E-state index contributed by atoms with van der Waals surface area (Å²) in [5.41, 5.74) is 1.71. The van der Waals surface area contributed by atoms with Gasteiger partial charge in [-0.15, -0.1) is 5.10 Å². The third-order valence-corrected chi connectivity index (χ3v) is 4.40. The van der Waals surface area contributed by atoms with Crippen molar-refractivity contribution in [3.8, 4) is 0 Å². The van der Waals surface area contributed by atoms with E-state index < -0.39 is 0 Å². The number of amides is 1. The zero-order valence-corrected chi connectivity index (χ0v) is 12.7. The second-order valence-corrected chi connectivity index (χ2v) is 5.88. The molecule has 118 valence electrons. The lowest BCUT2D eigenvalue weighted by atomic mass is 10.1. The normalized spacial score (nSPS) is 18.4. The largest absolute Gasteiger partial charge is 0.339 e. The number of hydrogen-bond donors (Lipinski definition) is 0. The predicted molar refractivity (Wildman–Crippen MR) is 84.6 cm³/mol. The van der Waals surface area contributed by atoms with E-state index in [1.54, 1.807) is 10.9 Å². The fraction of sp³-hybridized carbons (Fsp3) is 0.375. The van der Waals surface area contributed by atoms with Gasteiger partial charge in [-0.3, -0.25) is 4.79 Å². The molecule has 0 N–H and O–H groups in total. The molecule has 0 aliphatic carbocycles. The summed E-state index contributed by atoms with van der Waals surface area (Å²) in [4.78, 5) is 18.7. The molecule has 0 unspecified atom stereocenters. The molecule has 1 aliphatic rings. The van der Waals surface area contributed by atoms with E-state index in [0.717, 1.165) is 37.0 Å². The zero-order chi connectivity index (χ0) is 15.6. The SMILES string of the molecule is O=C(Cn1nnc2ccccc21)N1CCC[C@H](n2ccnc2)C1. The molecule has 0 bridgehead atoms. The van der Waals surface area contributed by atoms with Gasteiger partial charge in [-0.25, -0.2) is 9.67 Å². The van der Waals surface area contributed by atoms with E-state index in [4.69, 9.17) is 0 Å². The number of carbonyl (C=O) groups is 1. The van der Waals surface area contributed by atoms with Crippen molar-refractivity contribution in [1.82, 2.24) is 29.4 Å². The molecule has 1 aromatic carbocycles. The van der Waals surface area contributed by atoms with E-state index in [0.29, 0.717) is 6.04 Å². The molecule has 0 spiro atoms. The van der Waals surface area contributed by atoms with Crippen LogP contribution in [0.5, 0.6) is 0 Å². The van der Waals surface area contributed by atoms with Crippen LogP contribution in [0.3, 0.4) is 0 Å². The first kappa shape index (κ1) is 13.9. The molecular formula is C16H18N6O. The number of carbonyl (C=O) groups excluding carboxylic acids is 1. The molecule has 3 aromatic rings. The zero-order valence-electron chi connectivity index (χ0n) is 12.7. The van der Waals surface area contributed by atoms with Gasteiger partial charge in [-0.05, 0) is 25.0 Å². The van der Waals surface area contributed by atoms with E-state index in [1.165, 1.54) is 0 Å². The highest BCUT2D eigenvalue weighted by atomic mass is 16.2. The van der Waals surface area contributed by atoms with Crippen molar-refractivity contribution in [2.45, 2.75) is 25.4 Å². The molecule has 2 aromatic heterocycles. The molecule has 0 saturated carbocycles. The molecule has 7 heteroatoms. The number of benzene rings is 1. The first-order valence-electron chi connectivity index (χ1n) is 7.85. The molecular weight excluding hydrogens is 292 g/mol. The van der Waals surface area contributed by atoms with Gasteiger partial charge in [-0.1, -0.05) is 17.3 Å². The van der Waals surface area contributed by atoms with Crippen molar-refractivity contribution in [2.75, 3.05) is 13.1 Å². The lowest BCUT2D eigenvalue weighted by Crippen LogP contribution is -2.42. The number of hydrogen-bond acceptors (Lipinski definition) is 4. The molecule has 3 heterocycles. The fourth-order valence-electron chi connectivity index (χ4n) is 3.17. The van der Waals surface area contributed by atoms with Gasteiger partial charge in [0, 0.05) is 25.5 Å². The predicted octanol–water partition coefficient (Wildman–Crippen LogP) is 1.49. The number of nitrogens with zero attached hydrogens (tertiary/aromatic N) is 6. The van der Waals surface area contributed by atoms with Crippen LogP contribution in [0.1, 0.15) is 18.9 Å². The van der Waals surface area contributed by atoms with Gasteiger partial charge in [0.05, 0.1) is 17.9 Å². The molecule has 1 amide bonds. The average Bonchev–Trinajstić information content (AvgIpc) is 3.25. The summed E-state index contributed by atoms with van der Waals surface area (Å²) in [5.74, 6) is 0.0884. The summed E-state index contributed by atoms with van der Waals surface area (Å²) in [6, 6.07) is 8.00. The number of fused-ring (bicyclic) bond motifs is 1. The maximum atomic E-state index is 12.6. The first-order valence-corrected chi connectivity index (χ1v) is 7.85. The van der Waals surface area contributed by atoms with Gasteiger partial charge in [0.25, 0.3) is 0 Å². The van der Waals surface area contributed by atoms with Crippen molar-refractivity contribution < 1.29 is 4.79 Å². The summed E-state index contributed by atoms with van der Waals surface area (Å²) in [6.07, 6.45) is 7.65. The standard InChI is InChI=1S/C16H18N6O/c23-16(11-22-15-6-2-1-5-14(15)18-19-22)20-8-3-4-13(10-20)21-9-7-17-12-21/h1-2,5-7,9,12-13H,3-4,8,10-11H2/t13-/m0/s1. The molecule has 1 saturated heterocycles. The van der Waals surface area contributed by atoms with Crippen molar-refractivity contribution in [3.05, 3.63) is 43.0 Å². The second-order valence-electron chi connectivity index (χ2n) is 5.88. The summed E-state index contributed by atoms with van der Waals surface area (Å²) >= 11 is 0. The van der Waals surface area contributed by atoms with Gasteiger partial charge >= 0.3 is 0 Å². The number of rotatable bonds is 3. The Labute approximate surface area is 133 Å². The third-order valence-electron chi connectivity index (χ3n) is 4.40. The van der Waals surface area contributed by atoms with E-state index in [1.807, 2.05) is 41.7 Å². The summed E-state index contributed by atoms with van der Waals surface area (Å²) < 4.78 is 3.77. The molecule has 23 heavy (non-hydrogen) atoms. The summed E-state index contributed by atoms with van der Waals surface area (Å²) in [7, 11) is 0. The highest BCUT2D eigenvalue weighted by Gasteiger charge is 2.25. The highest BCUT2D eigenvalue weighted by molar-refractivity contribution is 5.79. The van der Waals surface area contributed by atoms with Crippen LogP contribution in [0, 0.1) is 0 Å². The minimum absolute atomic E-state index is 0.0884. The van der Waals surface area contributed by atoms with Crippen LogP contribution >= 0.6 is 0 Å². The van der Waals surface area contributed by atoms with Gasteiger partial charge in [-0.2, -0.15) is 0 Å². The van der Waals surface area contributed by atoms with Crippen LogP contribution in [-0.2, 0) is 11.3 Å². The number of imidazole rings is 1. The van der Waals surface area contributed by atoms with E-state index in [2.05, 4.69) is 19.9 Å². The van der Waals surface area contributed by atoms with Crippen LogP contribution in [0.4, 0.5) is 0 Å². The Morgan fingerprint density at radius 3 is 3.09 bits per heavy atom. The number of aromatic nitrogens is 5. The summed E-state index contributed by atoms with van der Waals surface area (Å²) in [5, 5.41) is 8.21. The van der Waals surface area contributed by atoms with E-state index in [9.17, 15) is 4.79 Å². The smallest absolute Gasteiger partial charge is 0.244 e.